The number of hydrogen-bond donors (Lipinski definition) is 1. The number of nitrogens with zero attached hydrogens (tertiary/aromatic N) is 5. The molecule has 1 unspecified atom stereocenters. The third kappa shape index (κ3) is 4.47. The maximum absolute atomic E-state index is 15.2. The first-order valence-electron chi connectivity index (χ1n) is 10.0. The van der Waals surface area contributed by atoms with E-state index in [9.17, 15) is 9.67 Å². The van der Waals surface area contributed by atoms with Crippen molar-refractivity contribution in [2.45, 2.75) is 31.0 Å². The van der Waals surface area contributed by atoms with Gasteiger partial charge in [-0.15, -0.1) is 4.52 Å². The van der Waals surface area contributed by atoms with Gasteiger partial charge in [-0.2, -0.15) is 9.97 Å². The average Bonchev–Trinajstić information content (AvgIpc) is 3.32. The molecule has 1 saturated heterocycles. The molecule has 176 valence electrons. The van der Waals surface area contributed by atoms with Gasteiger partial charge in [-0.1, -0.05) is 18.2 Å². The van der Waals surface area contributed by atoms with Crippen molar-refractivity contribution in [3.8, 4) is 11.8 Å². The number of rotatable bonds is 8. The number of para-hydroxylation sites is 1. The normalized spacial score (nSPS) is 25.3. The van der Waals surface area contributed by atoms with Gasteiger partial charge in [-0.3, -0.25) is 4.57 Å². The number of hydrogen-bond acceptors (Lipinski definition) is 10. The van der Waals surface area contributed by atoms with Crippen molar-refractivity contribution in [1.29, 1.82) is 0 Å². The van der Waals surface area contributed by atoms with Gasteiger partial charge in [0.2, 0.25) is 0 Å². The molecule has 5 atom stereocenters. The van der Waals surface area contributed by atoms with Crippen LogP contribution in [0.2, 0.25) is 0 Å². The maximum atomic E-state index is 15.2. The van der Waals surface area contributed by atoms with Crippen LogP contribution in [-0.4, -0.2) is 70.3 Å². The number of imidazole rings is 1. The van der Waals surface area contributed by atoms with Crippen LogP contribution in [0.15, 0.2) is 36.7 Å². The van der Waals surface area contributed by atoms with Gasteiger partial charge in [0.1, 0.15) is 18.3 Å². The average molecular weight is 480 g/mol. The molecule has 0 amide bonds. The molecule has 0 spiro atoms. The van der Waals surface area contributed by atoms with E-state index in [1.165, 1.54) is 24.9 Å². The standard InChI is InChI=1S/C20H24FN5O6P/c1-20(10-30-33(28)32-12-8-6-5-7-9-12)15(27)13(21)18(31-20)26-11-22-14-16(25(2)3)23-19(29-4)24-17(14)26/h5-9,11,13,15,18,27H,10H2,1-4H3/q+1/t13-,15+,18-,20-/m1/s1. The molecule has 0 radical (unpaired) electrons. The lowest BCUT2D eigenvalue weighted by Crippen LogP contribution is -2.42. The lowest BCUT2D eigenvalue weighted by atomic mass is 9.99. The summed E-state index contributed by atoms with van der Waals surface area (Å²) in [5.41, 5.74) is -0.822. The van der Waals surface area contributed by atoms with E-state index in [2.05, 4.69) is 15.0 Å². The number of aliphatic hydroxyl groups is 1. The smallest absolute Gasteiger partial charge is 0.467 e. The molecule has 11 nitrogen and oxygen atoms in total. The van der Waals surface area contributed by atoms with Gasteiger partial charge in [0, 0.05) is 18.7 Å². The Morgan fingerprint density at radius 2 is 2.03 bits per heavy atom. The molecule has 0 aliphatic carbocycles. The molecule has 0 bridgehead atoms. The largest absolute Gasteiger partial charge is 0.750 e. The highest BCUT2D eigenvalue weighted by atomic mass is 31.1. The number of aliphatic hydroxyl groups excluding tert-OH is 1. The molecule has 1 aliphatic rings. The number of alkyl halides is 1. The van der Waals surface area contributed by atoms with E-state index in [0.717, 1.165) is 0 Å². The second-order valence-electron chi connectivity index (χ2n) is 7.86. The number of anilines is 1. The van der Waals surface area contributed by atoms with Crippen LogP contribution in [0.4, 0.5) is 10.2 Å². The highest BCUT2D eigenvalue weighted by Crippen LogP contribution is 2.42. The summed E-state index contributed by atoms with van der Waals surface area (Å²) in [5, 5.41) is 10.6. The molecule has 1 aromatic carbocycles. The minimum Gasteiger partial charge on any atom is -0.467 e. The first kappa shape index (κ1) is 23.2. The molecule has 4 rings (SSSR count). The lowest BCUT2D eigenvalue weighted by molar-refractivity contribution is -0.110. The molecule has 1 N–H and O–H groups in total. The van der Waals surface area contributed by atoms with Crippen LogP contribution in [-0.2, 0) is 13.8 Å². The third-order valence-corrected chi connectivity index (χ3v) is 5.93. The SMILES string of the molecule is COc1nc(N(C)C)c2ncn([C@@H]3O[C@](C)(CO[P+](=O)Oc4ccccc4)[C@@H](O)[C@H]3F)c2n1. The van der Waals surface area contributed by atoms with Gasteiger partial charge in [0.15, 0.2) is 35.1 Å². The molecular formula is C20H24FN5O6P+. The Balaban J connectivity index is 1.55. The number of methoxy groups -OCH3 is 1. The van der Waals surface area contributed by atoms with Crippen molar-refractivity contribution in [2.24, 2.45) is 0 Å². The van der Waals surface area contributed by atoms with Crippen LogP contribution in [0.5, 0.6) is 11.8 Å². The minimum atomic E-state index is -2.57. The van der Waals surface area contributed by atoms with Crippen LogP contribution in [0.3, 0.4) is 0 Å². The topological polar surface area (TPSA) is 121 Å². The molecule has 3 aromatic rings. The molecule has 1 aliphatic heterocycles. The van der Waals surface area contributed by atoms with Gasteiger partial charge in [-0.05, 0) is 19.1 Å². The third-order valence-electron chi connectivity index (χ3n) is 5.23. The zero-order chi connectivity index (χ0) is 23.8. The van der Waals surface area contributed by atoms with Crippen LogP contribution >= 0.6 is 8.25 Å². The molecule has 13 heteroatoms. The predicted molar refractivity (Wildman–Crippen MR) is 116 cm³/mol. The number of halogens is 1. The minimum absolute atomic E-state index is 0.0723. The number of aromatic nitrogens is 4. The van der Waals surface area contributed by atoms with Crippen molar-refractivity contribution < 1.29 is 32.6 Å². The number of fused-ring (bicyclic) bond motifs is 1. The van der Waals surface area contributed by atoms with Crippen LogP contribution in [0.25, 0.3) is 11.2 Å². The van der Waals surface area contributed by atoms with E-state index in [0.29, 0.717) is 17.1 Å². The Morgan fingerprint density at radius 1 is 1.30 bits per heavy atom. The Bertz CT molecular complexity index is 1150. The zero-order valence-corrected chi connectivity index (χ0v) is 19.3. The van der Waals surface area contributed by atoms with Crippen molar-refractivity contribution in [3.63, 3.8) is 0 Å². The molecule has 2 aromatic heterocycles. The summed E-state index contributed by atoms with van der Waals surface area (Å²) in [4.78, 5) is 14.6. The second kappa shape index (κ2) is 9.14. The summed E-state index contributed by atoms with van der Waals surface area (Å²) >= 11 is 0. The summed E-state index contributed by atoms with van der Waals surface area (Å²) in [5.74, 6) is 0.832. The fourth-order valence-corrected chi connectivity index (χ4v) is 4.19. The molecule has 3 heterocycles. The van der Waals surface area contributed by atoms with E-state index in [-0.39, 0.29) is 18.3 Å². The summed E-state index contributed by atoms with van der Waals surface area (Å²) < 4.78 is 50.2. The Morgan fingerprint density at radius 3 is 2.70 bits per heavy atom. The first-order chi connectivity index (χ1) is 15.7. The molecule has 1 fully saturated rings. The van der Waals surface area contributed by atoms with Crippen LogP contribution in [0.1, 0.15) is 13.2 Å². The van der Waals surface area contributed by atoms with E-state index < -0.39 is 32.4 Å². The van der Waals surface area contributed by atoms with Crippen molar-refractivity contribution in [1.82, 2.24) is 19.5 Å². The highest BCUT2D eigenvalue weighted by Gasteiger charge is 2.55. The van der Waals surface area contributed by atoms with E-state index in [1.807, 2.05) is 0 Å². The number of benzene rings is 1. The molecular weight excluding hydrogens is 456 g/mol. The monoisotopic (exact) mass is 480 g/mol. The van der Waals surface area contributed by atoms with E-state index >= 15 is 4.39 Å². The van der Waals surface area contributed by atoms with E-state index in [1.54, 1.807) is 49.3 Å². The summed E-state index contributed by atoms with van der Waals surface area (Å²) in [6.07, 6.45) is -3.31. The quantitative estimate of drug-likeness (QED) is 0.482. The van der Waals surface area contributed by atoms with Gasteiger partial charge in [-0.25, -0.2) is 13.9 Å². The van der Waals surface area contributed by atoms with Crippen molar-refractivity contribution in [3.05, 3.63) is 36.7 Å². The van der Waals surface area contributed by atoms with Gasteiger partial charge < -0.3 is 19.5 Å². The van der Waals surface area contributed by atoms with Gasteiger partial charge >= 0.3 is 14.3 Å². The van der Waals surface area contributed by atoms with Gasteiger partial charge in [0.05, 0.1) is 13.4 Å². The Kier molecular flexibility index (Phi) is 6.44. The van der Waals surface area contributed by atoms with Crippen LogP contribution < -0.4 is 14.2 Å². The number of ether oxygens (including phenoxy) is 2. The highest BCUT2D eigenvalue weighted by molar-refractivity contribution is 7.33. The lowest BCUT2D eigenvalue weighted by Gasteiger charge is -2.24. The summed E-state index contributed by atoms with van der Waals surface area (Å²) in [6, 6.07) is 8.54. The zero-order valence-electron chi connectivity index (χ0n) is 18.5. The summed E-state index contributed by atoms with van der Waals surface area (Å²) in [7, 11) is 2.41. The van der Waals surface area contributed by atoms with Crippen LogP contribution in [0, 0.1) is 0 Å². The Hall–Kier alpha value is -2.92. The van der Waals surface area contributed by atoms with E-state index in [4.69, 9.17) is 18.5 Å². The molecule has 33 heavy (non-hydrogen) atoms. The Labute approximate surface area is 190 Å². The molecule has 0 saturated carbocycles. The predicted octanol–water partition coefficient (Wildman–Crippen LogP) is 2.64. The van der Waals surface area contributed by atoms with Crippen molar-refractivity contribution in [2.75, 3.05) is 32.7 Å². The summed E-state index contributed by atoms with van der Waals surface area (Å²) in [6.45, 7) is 1.09. The fraction of sp³-hybridized carbons (Fsp3) is 0.450. The van der Waals surface area contributed by atoms with Gasteiger partial charge in [0.25, 0.3) is 0 Å². The first-order valence-corrected chi connectivity index (χ1v) is 11.1. The van der Waals surface area contributed by atoms with Crippen molar-refractivity contribution >= 4 is 25.2 Å². The maximum Gasteiger partial charge on any atom is 0.750 e. The second-order valence-corrected chi connectivity index (χ2v) is 8.75. The fourth-order valence-electron chi connectivity index (χ4n) is 3.48.